The van der Waals surface area contributed by atoms with Gasteiger partial charge in [0, 0.05) is 5.69 Å². The number of aromatic nitrogens is 4. The molecule has 0 unspecified atom stereocenters. The van der Waals surface area contributed by atoms with E-state index in [4.69, 9.17) is 0 Å². The Balaban J connectivity index is 1.91. The van der Waals surface area contributed by atoms with Crippen LogP contribution >= 0.6 is 0 Å². The minimum atomic E-state index is 0.808. The van der Waals surface area contributed by atoms with Gasteiger partial charge in [0.15, 0.2) is 5.65 Å². The van der Waals surface area contributed by atoms with Gasteiger partial charge in [0.1, 0.15) is 6.33 Å². The number of rotatable bonds is 2. The molecule has 0 radical (unpaired) electrons. The highest BCUT2D eigenvalue weighted by atomic mass is 15.3. The van der Waals surface area contributed by atoms with Gasteiger partial charge in [-0.25, -0.2) is 9.50 Å². The third-order valence-electron chi connectivity index (χ3n) is 2.51. The Morgan fingerprint density at radius 3 is 3.06 bits per heavy atom. The van der Waals surface area contributed by atoms with Crippen molar-refractivity contribution in [1.82, 2.24) is 19.6 Å². The summed E-state index contributed by atoms with van der Waals surface area (Å²) in [5.74, 6) is 0. The van der Waals surface area contributed by atoms with Crippen LogP contribution in [0.4, 0.5) is 5.69 Å². The van der Waals surface area contributed by atoms with E-state index in [1.165, 1.54) is 6.33 Å². The molecule has 0 bridgehead atoms. The lowest BCUT2D eigenvalue weighted by Crippen LogP contribution is -1.89. The van der Waals surface area contributed by atoms with Gasteiger partial charge < -0.3 is 0 Å². The van der Waals surface area contributed by atoms with Crippen molar-refractivity contribution < 1.29 is 0 Å². The van der Waals surface area contributed by atoms with E-state index in [0.717, 1.165) is 22.7 Å². The molecule has 0 aliphatic heterocycles. The standard InChI is InChI=1S/C13H11N5/c1-10-3-2-4-11(17-10)7-14-12-5-6-13-15-9-16-18(13)8-12/h2-9H,1H3. The van der Waals surface area contributed by atoms with Gasteiger partial charge in [-0.2, -0.15) is 5.10 Å². The maximum absolute atomic E-state index is 4.37. The summed E-state index contributed by atoms with van der Waals surface area (Å²) < 4.78 is 1.69. The summed E-state index contributed by atoms with van der Waals surface area (Å²) in [6, 6.07) is 9.62. The molecule has 0 aromatic carbocycles. The van der Waals surface area contributed by atoms with Crippen molar-refractivity contribution >= 4 is 17.5 Å². The van der Waals surface area contributed by atoms with Gasteiger partial charge >= 0.3 is 0 Å². The summed E-state index contributed by atoms with van der Waals surface area (Å²) in [6.45, 7) is 1.96. The van der Waals surface area contributed by atoms with Crippen LogP contribution in [0.3, 0.4) is 0 Å². The van der Waals surface area contributed by atoms with Crippen molar-refractivity contribution in [1.29, 1.82) is 0 Å². The fraction of sp³-hybridized carbons (Fsp3) is 0.0769. The smallest absolute Gasteiger partial charge is 0.155 e. The topological polar surface area (TPSA) is 55.4 Å². The van der Waals surface area contributed by atoms with Crippen molar-refractivity contribution in [3.8, 4) is 0 Å². The van der Waals surface area contributed by atoms with E-state index in [1.54, 1.807) is 10.7 Å². The average Bonchev–Trinajstić information content (AvgIpc) is 2.84. The summed E-state index contributed by atoms with van der Waals surface area (Å²) in [7, 11) is 0. The predicted octanol–water partition coefficient (Wildman–Crippen LogP) is 2.18. The molecule has 0 fully saturated rings. The molecule has 0 N–H and O–H groups in total. The minimum absolute atomic E-state index is 0.808. The van der Waals surface area contributed by atoms with E-state index < -0.39 is 0 Å². The lowest BCUT2D eigenvalue weighted by Gasteiger charge is -1.96. The van der Waals surface area contributed by atoms with Crippen LogP contribution in [-0.2, 0) is 0 Å². The van der Waals surface area contributed by atoms with Gasteiger partial charge in [0.2, 0.25) is 0 Å². The summed E-state index contributed by atoms with van der Waals surface area (Å²) in [5, 5.41) is 4.06. The molecule has 3 heterocycles. The van der Waals surface area contributed by atoms with Crippen LogP contribution in [0, 0.1) is 6.92 Å². The van der Waals surface area contributed by atoms with Gasteiger partial charge in [-0.1, -0.05) is 6.07 Å². The molecule has 5 nitrogen and oxygen atoms in total. The van der Waals surface area contributed by atoms with E-state index in [9.17, 15) is 0 Å². The third kappa shape index (κ3) is 2.10. The second-order valence-corrected chi connectivity index (χ2v) is 3.91. The zero-order chi connectivity index (χ0) is 12.4. The van der Waals surface area contributed by atoms with Gasteiger partial charge in [-0.3, -0.25) is 9.98 Å². The second-order valence-electron chi connectivity index (χ2n) is 3.91. The number of hydrogen-bond donors (Lipinski definition) is 0. The highest BCUT2D eigenvalue weighted by Crippen LogP contribution is 2.11. The van der Waals surface area contributed by atoms with Crippen molar-refractivity contribution in [2.24, 2.45) is 4.99 Å². The Bertz CT molecular complexity index is 714. The van der Waals surface area contributed by atoms with Crippen LogP contribution in [0.5, 0.6) is 0 Å². The monoisotopic (exact) mass is 237 g/mol. The number of fused-ring (bicyclic) bond motifs is 1. The van der Waals surface area contributed by atoms with E-state index in [1.807, 2.05) is 43.5 Å². The maximum Gasteiger partial charge on any atom is 0.155 e. The first-order chi connectivity index (χ1) is 8.81. The van der Waals surface area contributed by atoms with E-state index in [-0.39, 0.29) is 0 Å². The lowest BCUT2D eigenvalue weighted by molar-refractivity contribution is 0.960. The molecule has 0 saturated heterocycles. The van der Waals surface area contributed by atoms with Crippen molar-refractivity contribution in [2.45, 2.75) is 6.92 Å². The zero-order valence-corrected chi connectivity index (χ0v) is 9.85. The van der Waals surface area contributed by atoms with Crippen LogP contribution in [0.1, 0.15) is 11.4 Å². The number of pyridine rings is 2. The summed E-state index contributed by atoms with van der Waals surface area (Å²) in [5.41, 5.74) is 3.44. The fourth-order valence-corrected chi connectivity index (χ4v) is 1.66. The van der Waals surface area contributed by atoms with Gasteiger partial charge in [-0.15, -0.1) is 0 Å². The van der Waals surface area contributed by atoms with Crippen LogP contribution in [0.15, 0.2) is 47.8 Å². The Hall–Kier alpha value is -2.56. The molecule has 0 spiro atoms. The largest absolute Gasteiger partial charge is 0.253 e. The number of aliphatic imine (C=N–C) groups is 1. The molecule has 0 aliphatic carbocycles. The molecule has 0 amide bonds. The molecular weight excluding hydrogens is 226 g/mol. The molecule has 5 heteroatoms. The molecule has 3 aromatic rings. The molecule has 3 aromatic heterocycles. The highest BCUT2D eigenvalue weighted by Gasteiger charge is 1.96. The van der Waals surface area contributed by atoms with Crippen molar-refractivity contribution in [3.63, 3.8) is 0 Å². The summed E-state index contributed by atoms with van der Waals surface area (Å²) in [6.07, 6.45) is 5.09. The lowest BCUT2D eigenvalue weighted by atomic mass is 10.3. The van der Waals surface area contributed by atoms with Crippen molar-refractivity contribution in [2.75, 3.05) is 0 Å². The number of nitrogens with zero attached hydrogens (tertiary/aromatic N) is 5. The average molecular weight is 237 g/mol. The van der Waals surface area contributed by atoms with Gasteiger partial charge in [0.25, 0.3) is 0 Å². The molecule has 3 rings (SSSR count). The summed E-state index contributed by atoms with van der Waals surface area (Å²) >= 11 is 0. The van der Waals surface area contributed by atoms with Crippen LogP contribution in [0.2, 0.25) is 0 Å². The van der Waals surface area contributed by atoms with E-state index in [2.05, 4.69) is 20.1 Å². The first kappa shape index (κ1) is 10.6. The normalized spacial score (nSPS) is 11.4. The SMILES string of the molecule is Cc1cccc(C=Nc2ccc3ncnn3c2)n1. The van der Waals surface area contributed by atoms with Crippen molar-refractivity contribution in [3.05, 3.63) is 54.2 Å². The second kappa shape index (κ2) is 4.37. The van der Waals surface area contributed by atoms with E-state index >= 15 is 0 Å². The Morgan fingerprint density at radius 1 is 1.22 bits per heavy atom. The first-order valence-corrected chi connectivity index (χ1v) is 5.58. The summed E-state index contributed by atoms with van der Waals surface area (Å²) in [4.78, 5) is 12.8. The quantitative estimate of drug-likeness (QED) is 0.642. The fourth-order valence-electron chi connectivity index (χ4n) is 1.66. The highest BCUT2D eigenvalue weighted by molar-refractivity contribution is 5.79. The number of aryl methyl sites for hydroxylation is 1. The third-order valence-corrected chi connectivity index (χ3v) is 2.51. The molecule has 88 valence electrons. The first-order valence-electron chi connectivity index (χ1n) is 5.58. The van der Waals surface area contributed by atoms with Gasteiger partial charge in [-0.05, 0) is 31.2 Å². The minimum Gasteiger partial charge on any atom is -0.253 e. The zero-order valence-electron chi connectivity index (χ0n) is 9.85. The number of hydrogen-bond acceptors (Lipinski definition) is 4. The van der Waals surface area contributed by atoms with Crippen LogP contribution < -0.4 is 0 Å². The van der Waals surface area contributed by atoms with E-state index in [0.29, 0.717) is 0 Å². The Morgan fingerprint density at radius 2 is 2.17 bits per heavy atom. The molecule has 0 saturated carbocycles. The molecule has 0 aliphatic rings. The van der Waals surface area contributed by atoms with Gasteiger partial charge in [0.05, 0.1) is 23.8 Å². The predicted molar refractivity (Wildman–Crippen MR) is 69.2 cm³/mol. The molecular formula is C13H11N5. The van der Waals surface area contributed by atoms with Crippen LogP contribution in [-0.4, -0.2) is 25.8 Å². The van der Waals surface area contributed by atoms with Crippen LogP contribution in [0.25, 0.3) is 5.65 Å². The molecule has 0 atom stereocenters. The maximum atomic E-state index is 4.37. The Kier molecular flexibility index (Phi) is 2.57. The molecule has 18 heavy (non-hydrogen) atoms. The Labute approximate surface area is 104 Å².